The highest BCUT2D eigenvalue weighted by Crippen LogP contribution is 2.32. The van der Waals surface area contributed by atoms with Gasteiger partial charge in [-0.25, -0.2) is 4.68 Å². The molecule has 0 aliphatic rings. The van der Waals surface area contributed by atoms with E-state index < -0.39 is 0 Å². The molecule has 2 amide bonds. The van der Waals surface area contributed by atoms with Gasteiger partial charge in [-0.2, -0.15) is 10.1 Å². The minimum Gasteiger partial charge on any atom is -0.353 e. The number of carbonyl (C=O) groups is 2. The van der Waals surface area contributed by atoms with Crippen molar-refractivity contribution in [3.05, 3.63) is 65.6 Å². The van der Waals surface area contributed by atoms with Crippen LogP contribution in [-0.2, 0) is 12.1 Å². The summed E-state index contributed by atoms with van der Waals surface area (Å²) in [6.45, 7) is 9.11. The number of aromatic nitrogens is 4. The number of nitrogens with one attached hydrogen (secondary N) is 2. The third-order valence-corrected chi connectivity index (χ3v) is 5.90. The van der Waals surface area contributed by atoms with Gasteiger partial charge in [0.1, 0.15) is 4.70 Å². The van der Waals surface area contributed by atoms with Gasteiger partial charge in [0.25, 0.3) is 11.8 Å². The molecule has 0 spiro atoms. The van der Waals surface area contributed by atoms with Gasteiger partial charge in [-0.15, -0.1) is 0 Å². The van der Waals surface area contributed by atoms with Crippen molar-refractivity contribution >= 4 is 38.6 Å². The molecule has 0 aliphatic carbocycles. The van der Waals surface area contributed by atoms with E-state index in [1.807, 2.05) is 68.9 Å². The number of nitrogens with zero attached hydrogens (tertiary/aromatic N) is 4. The molecule has 0 saturated carbocycles. The quantitative estimate of drug-likeness (QED) is 0.464. The van der Waals surface area contributed by atoms with E-state index in [9.17, 15) is 9.59 Å². The van der Waals surface area contributed by atoms with Gasteiger partial charge in [-0.1, -0.05) is 29.0 Å². The molecule has 32 heavy (non-hydrogen) atoms. The second-order valence-corrected chi connectivity index (χ2v) is 9.60. The van der Waals surface area contributed by atoms with E-state index >= 15 is 0 Å². The second-order valence-electron chi connectivity index (χ2n) is 8.60. The van der Waals surface area contributed by atoms with Gasteiger partial charge < -0.3 is 9.88 Å². The van der Waals surface area contributed by atoms with Crippen molar-refractivity contribution < 1.29 is 9.59 Å². The Balaban J connectivity index is 1.58. The van der Waals surface area contributed by atoms with Crippen LogP contribution < -0.4 is 10.6 Å². The van der Waals surface area contributed by atoms with Crippen LogP contribution in [0.15, 0.2) is 48.8 Å². The molecule has 9 heteroatoms. The summed E-state index contributed by atoms with van der Waals surface area (Å²) in [5.74, 6) is -0.500. The van der Waals surface area contributed by atoms with Crippen LogP contribution in [0.4, 0.5) is 5.13 Å². The van der Waals surface area contributed by atoms with Crippen molar-refractivity contribution in [1.29, 1.82) is 0 Å². The SMILES string of the molecule is Cc1ccc(C(=O)Nc2nc3c(s2)c(C(=O)NCCn2cccc2)nn3C(C)(C)C)cc1. The fourth-order valence-electron chi connectivity index (χ4n) is 3.25. The van der Waals surface area contributed by atoms with Crippen LogP contribution in [0, 0.1) is 6.92 Å². The molecule has 3 aromatic heterocycles. The Hall–Kier alpha value is -3.46. The Bertz CT molecular complexity index is 1250. The average Bonchev–Trinajstić information content (AvgIpc) is 3.44. The maximum absolute atomic E-state index is 12.9. The fourth-order valence-corrected chi connectivity index (χ4v) is 4.17. The molecule has 0 fully saturated rings. The minimum absolute atomic E-state index is 0.241. The summed E-state index contributed by atoms with van der Waals surface area (Å²) in [6, 6.07) is 11.2. The Kier molecular flexibility index (Phi) is 5.84. The van der Waals surface area contributed by atoms with E-state index in [0.29, 0.717) is 39.8 Å². The summed E-state index contributed by atoms with van der Waals surface area (Å²) in [5.41, 5.74) is 2.15. The summed E-state index contributed by atoms with van der Waals surface area (Å²) in [4.78, 5) is 30.1. The molecule has 1 aromatic carbocycles. The Morgan fingerprint density at radius 3 is 2.41 bits per heavy atom. The molecular formula is C23H26N6O2S. The van der Waals surface area contributed by atoms with Gasteiger partial charge in [0.15, 0.2) is 16.5 Å². The number of thiazole rings is 1. The third kappa shape index (κ3) is 4.57. The Labute approximate surface area is 190 Å². The number of hydrogen-bond donors (Lipinski definition) is 2. The smallest absolute Gasteiger partial charge is 0.273 e. The van der Waals surface area contributed by atoms with E-state index in [1.165, 1.54) is 11.3 Å². The zero-order valence-corrected chi connectivity index (χ0v) is 19.4. The zero-order chi connectivity index (χ0) is 22.9. The number of anilines is 1. The van der Waals surface area contributed by atoms with Crippen molar-refractivity contribution in [2.45, 2.75) is 39.8 Å². The first-order valence-corrected chi connectivity index (χ1v) is 11.2. The predicted molar refractivity (Wildman–Crippen MR) is 126 cm³/mol. The number of carbonyl (C=O) groups excluding carboxylic acids is 2. The minimum atomic E-state index is -0.381. The van der Waals surface area contributed by atoms with E-state index in [0.717, 1.165) is 5.56 Å². The zero-order valence-electron chi connectivity index (χ0n) is 18.5. The number of fused-ring (bicyclic) bond motifs is 1. The van der Waals surface area contributed by atoms with Gasteiger partial charge in [0.2, 0.25) is 0 Å². The highest BCUT2D eigenvalue weighted by Gasteiger charge is 2.27. The van der Waals surface area contributed by atoms with E-state index in [4.69, 9.17) is 0 Å². The number of hydrogen-bond acceptors (Lipinski definition) is 5. The van der Waals surface area contributed by atoms with Gasteiger partial charge in [-0.05, 0) is 52.0 Å². The second kappa shape index (κ2) is 8.58. The summed E-state index contributed by atoms with van der Waals surface area (Å²) in [7, 11) is 0. The highest BCUT2D eigenvalue weighted by atomic mass is 32.1. The molecule has 0 unspecified atom stereocenters. The number of aryl methyl sites for hydroxylation is 1. The highest BCUT2D eigenvalue weighted by molar-refractivity contribution is 7.22. The van der Waals surface area contributed by atoms with Gasteiger partial charge in [0, 0.05) is 31.0 Å². The topological polar surface area (TPSA) is 93.8 Å². The predicted octanol–water partition coefficient (Wildman–Crippen LogP) is 4.04. The maximum Gasteiger partial charge on any atom is 0.273 e. The molecule has 4 rings (SSSR count). The molecule has 0 aliphatic heterocycles. The van der Waals surface area contributed by atoms with Gasteiger partial charge in [-0.3, -0.25) is 14.9 Å². The van der Waals surface area contributed by atoms with Crippen LogP contribution in [0.3, 0.4) is 0 Å². The largest absolute Gasteiger partial charge is 0.353 e. The van der Waals surface area contributed by atoms with Crippen LogP contribution in [0.2, 0.25) is 0 Å². The lowest BCUT2D eigenvalue weighted by Gasteiger charge is -2.19. The van der Waals surface area contributed by atoms with E-state index in [2.05, 4.69) is 20.7 Å². The molecule has 0 atom stereocenters. The standard InChI is InChI=1S/C23H26N6O2S/c1-15-7-9-16(10-8-15)20(30)26-22-25-19-18(32-22)17(27-29(19)23(2,3)4)21(31)24-11-14-28-12-5-6-13-28/h5-10,12-13H,11,14H2,1-4H3,(H,24,31)(H,25,26,30). The van der Waals surface area contributed by atoms with Crippen LogP contribution in [0.5, 0.6) is 0 Å². The van der Waals surface area contributed by atoms with Crippen LogP contribution in [-0.4, -0.2) is 37.7 Å². The first-order chi connectivity index (χ1) is 15.2. The van der Waals surface area contributed by atoms with Crippen molar-refractivity contribution in [3.63, 3.8) is 0 Å². The summed E-state index contributed by atoms with van der Waals surface area (Å²) < 4.78 is 4.38. The van der Waals surface area contributed by atoms with Crippen LogP contribution in [0.25, 0.3) is 10.3 Å². The van der Waals surface area contributed by atoms with Crippen molar-refractivity contribution in [3.8, 4) is 0 Å². The lowest BCUT2D eigenvalue weighted by Crippen LogP contribution is -2.29. The molecule has 0 radical (unpaired) electrons. The Morgan fingerprint density at radius 1 is 1.06 bits per heavy atom. The van der Waals surface area contributed by atoms with Crippen molar-refractivity contribution in [1.82, 2.24) is 24.6 Å². The molecule has 3 heterocycles. The summed E-state index contributed by atoms with van der Waals surface area (Å²) in [5, 5.41) is 10.8. The Morgan fingerprint density at radius 2 is 1.75 bits per heavy atom. The summed E-state index contributed by atoms with van der Waals surface area (Å²) in [6.07, 6.45) is 3.90. The number of rotatable bonds is 6. The first-order valence-electron chi connectivity index (χ1n) is 10.4. The normalized spacial score (nSPS) is 11.6. The fraction of sp³-hybridized carbons (Fsp3) is 0.304. The lowest BCUT2D eigenvalue weighted by atomic mass is 10.1. The number of amides is 2. The number of benzene rings is 1. The molecule has 0 saturated heterocycles. The van der Waals surface area contributed by atoms with Crippen molar-refractivity contribution in [2.75, 3.05) is 11.9 Å². The lowest BCUT2D eigenvalue weighted by molar-refractivity contribution is 0.0946. The molecule has 166 valence electrons. The monoisotopic (exact) mass is 450 g/mol. The van der Waals surface area contributed by atoms with E-state index in [-0.39, 0.29) is 17.4 Å². The van der Waals surface area contributed by atoms with Gasteiger partial charge in [0.05, 0.1) is 5.54 Å². The first kappa shape index (κ1) is 21.8. The molecule has 8 nitrogen and oxygen atoms in total. The summed E-state index contributed by atoms with van der Waals surface area (Å²) >= 11 is 1.25. The van der Waals surface area contributed by atoms with Crippen LogP contribution >= 0.6 is 11.3 Å². The maximum atomic E-state index is 12.9. The molecule has 2 N–H and O–H groups in total. The van der Waals surface area contributed by atoms with Crippen LogP contribution in [0.1, 0.15) is 47.2 Å². The molecule has 4 aromatic rings. The molecule has 0 bridgehead atoms. The van der Waals surface area contributed by atoms with E-state index in [1.54, 1.807) is 16.8 Å². The average molecular weight is 451 g/mol. The molecular weight excluding hydrogens is 424 g/mol. The van der Waals surface area contributed by atoms with Gasteiger partial charge >= 0.3 is 0 Å². The third-order valence-electron chi connectivity index (χ3n) is 4.93. The van der Waals surface area contributed by atoms with Crippen molar-refractivity contribution in [2.24, 2.45) is 0 Å².